The summed E-state index contributed by atoms with van der Waals surface area (Å²) in [6.07, 6.45) is 0. The van der Waals surface area contributed by atoms with Crippen LogP contribution >= 0.6 is 24.0 Å². The molecule has 6 nitrogen and oxygen atoms in total. The highest BCUT2D eigenvalue weighted by atomic mass is 127. The first kappa shape index (κ1) is 18.9. The number of hydrogen-bond acceptors (Lipinski definition) is 4. The van der Waals surface area contributed by atoms with Crippen LogP contribution < -0.4 is 16.0 Å². The average molecular weight is 393 g/mol. The molecule has 1 aromatic heterocycles. The Balaban J connectivity index is 0.00000361. The number of anilines is 1. The highest BCUT2D eigenvalue weighted by Gasteiger charge is 2.02. The number of rotatable bonds is 6. The number of ether oxygens (including phenoxy) is 1. The Morgan fingerprint density at radius 1 is 1.50 bits per heavy atom. The Morgan fingerprint density at radius 2 is 2.20 bits per heavy atom. The summed E-state index contributed by atoms with van der Waals surface area (Å²) >= 11 is 0. The molecule has 0 aromatic carbocycles. The van der Waals surface area contributed by atoms with E-state index < -0.39 is 0 Å². The number of nitrogens with zero attached hydrogens (tertiary/aromatic N) is 3. The van der Waals surface area contributed by atoms with Crippen molar-refractivity contribution >= 4 is 35.8 Å². The van der Waals surface area contributed by atoms with Crippen LogP contribution in [-0.2, 0) is 11.3 Å². The number of aliphatic imine (C=N–C) groups is 1. The Bertz CT molecular complexity index is 425. The van der Waals surface area contributed by atoms with Gasteiger partial charge in [-0.05, 0) is 19.1 Å². The van der Waals surface area contributed by atoms with Gasteiger partial charge in [0.05, 0.1) is 18.8 Å². The van der Waals surface area contributed by atoms with Gasteiger partial charge in [-0.25, -0.2) is 9.98 Å². The summed E-state index contributed by atoms with van der Waals surface area (Å²) in [5.41, 5.74) is 6.68. The molecule has 0 radical (unpaired) electrons. The van der Waals surface area contributed by atoms with Gasteiger partial charge >= 0.3 is 0 Å². The smallest absolute Gasteiger partial charge is 0.189 e. The standard InChI is InChI=1S/C13H23N5O.HI/c1-10(9-19-4)16-13(14)15-8-11-6-5-7-12(17-11)18(2)3;/h5-7,10H,8-9H2,1-4H3,(H3,14,15,16);1H. The molecule has 3 N–H and O–H groups in total. The average Bonchev–Trinajstić information content (AvgIpc) is 2.37. The van der Waals surface area contributed by atoms with Gasteiger partial charge in [0.25, 0.3) is 0 Å². The maximum atomic E-state index is 5.80. The number of hydrogen-bond donors (Lipinski definition) is 2. The van der Waals surface area contributed by atoms with Crippen LogP contribution in [-0.4, -0.2) is 44.8 Å². The molecule has 1 unspecified atom stereocenters. The van der Waals surface area contributed by atoms with E-state index in [1.807, 2.05) is 44.1 Å². The van der Waals surface area contributed by atoms with E-state index in [4.69, 9.17) is 10.5 Å². The third-order valence-electron chi connectivity index (χ3n) is 2.47. The fourth-order valence-corrected chi connectivity index (χ4v) is 1.56. The van der Waals surface area contributed by atoms with Crippen LogP contribution in [0.25, 0.3) is 0 Å². The largest absolute Gasteiger partial charge is 0.383 e. The van der Waals surface area contributed by atoms with Crippen molar-refractivity contribution in [3.05, 3.63) is 23.9 Å². The highest BCUT2D eigenvalue weighted by molar-refractivity contribution is 14.0. The monoisotopic (exact) mass is 393 g/mol. The molecular formula is C13H24IN5O. The van der Waals surface area contributed by atoms with Gasteiger partial charge < -0.3 is 20.7 Å². The van der Waals surface area contributed by atoms with Gasteiger partial charge in [-0.1, -0.05) is 6.07 Å². The summed E-state index contributed by atoms with van der Waals surface area (Å²) in [6.45, 7) is 3.03. The number of methoxy groups -OCH3 is 1. The lowest BCUT2D eigenvalue weighted by Gasteiger charge is -2.13. The first-order chi connectivity index (χ1) is 9.02. The highest BCUT2D eigenvalue weighted by Crippen LogP contribution is 2.08. The van der Waals surface area contributed by atoms with Gasteiger partial charge in [0.1, 0.15) is 5.82 Å². The zero-order valence-corrected chi connectivity index (χ0v) is 14.8. The van der Waals surface area contributed by atoms with Crippen LogP contribution in [0.4, 0.5) is 5.82 Å². The van der Waals surface area contributed by atoms with Crippen molar-refractivity contribution in [2.45, 2.75) is 19.5 Å². The van der Waals surface area contributed by atoms with E-state index in [1.54, 1.807) is 7.11 Å². The minimum Gasteiger partial charge on any atom is -0.383 e. The van der Waals surface area contributed by atoms with Gasteiger partial charge in [0.2, 0.25) is 0 Å². The lowest BCUT2D eigenvalue weighted by atomic mass is 10.3. The van der Waals surface area contributed by atoms with Crippen LogP contribution in [0.5, 0.6) is 0 Å². The fraction of sp³-hybridized carbons (Fsp3) is 0.538. The topological polar surface area (TPSA) is 75.8 Å². The molecule has 1 rings (SSSR count). The summed E-state index contributed by atoms with van der Waals surface area (Å²) in [5.74, 6) is 1.31. The number of aromatic nitrogens is 1. The SMILES string of the molecule is COCC(C)NC(N)=NCc1cccc(N(C)C)n1.I. The van der Waals surface area contributed by atoms with E-state index in [9.17, 15) is 0 Å². The molecule has 0 saturated carbocycles. The Kier molecular flexibility index (Phi) is 9.23. The minimum absolute atomic E-state index is 0. The first-order valence-corrected chi connectivity index (χ1v) is 6.21. The molecule has 1 aromatic rings. The predicted octanol–water partition coefficient (Wildman–Crippen LogP) is 1.20. The summed E-state index contributed by atoms with van der Waals surface area (Å²) in [5, 5.41) is 3.05. The Labute approximate surface area is 137 Å². The van der Waals surface area contributed by atoms with Crippen molar-refractivity contribution < 1.29 is 4.74 Å². The van der Waals surface area contributed by atoms with E-state index in [-0.39, 0.29) is 30.0 Å². The number of nitrogens with one attached hydrogen (secondary N) is 1. The molecule has 0 fully saturated rings. The van der Waals surface area contributed by atoms with Crippen LogP contribution in [0, 0.1) is 0 Å². The fourth-order valence-electron chi connectivity index (χ4n) is 1.56. The molecule has 0 aliphatic carbocycles. The second-order valence-corrected chi connectivity index (χ2v) is 4.58. The first-order valence-electron chi connectivity index (χ1n) is 6.21. The van der Waals surface area contributed by atoms with Gasteiger partial charge in [-0.2, -0.15) is 0 Å². The minimum atomic E-state index is 0. The third-order valence-corrected chi connectivity index (χ3v) is 2.47. The molecule has 0 aliphatic heterocycles. The molecule has 7 heteroatoms. The molecule has 114 valence electrons. The second kappa shape index (κ2) is 9.76. The Morgan fingerprint density at radius 3 is 2.80 bits per heavy atom. The van der Waals surface area contributed by atoms with E-state index in [2.05, 4.69) is 15.3 Å². The van der Waals surface area contributed by atoms with E-state index >= 15 is 0 Å². The molecule has 20 heavy (non-hydrogen) atoms. The zero-order chi connectivity index (χ0) is 14.3. The van der Waals surface area contributed by atoms with Crippen molar-refractivity contribution in [3.8, 4) is 0 Å². The molecule has 1 atom stereocenters. The predicted molar refractivity (Wildman–Crippen MR) is 93.8 cm³/mol. The van der Waals surface area contributed by atoms with Crippen LogP contribution in [0.2, 0.25) is 0 Å². The number of halogens is 1. The molecule has 0 bridgehead atoms. The van der Waals surface area contributed by atoms with Crippen LogP contribution in [0.1, 0.15) is 12.6 Å². The summed E-state index contributed by atoms with van der Waals surface area (Å²) in [6, 6.07) is 5.98. The quantitative estimate of drug-likeness (QED) is 0.432. The van der Waals surface area contributed by atoms with Crippen LogP contribution in [0.3, 0.4) is 0 Å². The number of nitrogens with two attached hydrogens (primary N) is 1. The Hall–Kier alpha value is -1.09. The van der Waals surface area contributed by atoms with Gasteiger partial charge in [-0.15, -0.1) is 24.0 Å². The normalized spacial score (nSPS) is 12.5. The lowest BCUT2D eigenvalue weighted by Crippen LogP contribution is -2.40. The van der Waals surface area contributed by atoms with Gasteiger partial charge in [0.15, 0.2) is 5.96 Å². The van der Waals surface area contributed by atoms with Crippen molar-refractivity contribution in [1.82, 2.24) is 10.3 Å². The van der Waals surface area contributed by atoms with E-state index in [0.717, 1.165) is 11.5 Å². The lowest BCUT2D eigenvalue weighted by molar-refractivity contribution is 0.179. The molecule has 0 aliphatic rings. The van der Waals surface area contributed by atoms with Gasteiger partial charge in [0, 0.05) is 27.2 Å². The molecule has 0 saturated heterocycles. The van der Waals surface area contributed by atoms with Crippen molar-refractivity contribution in [2.75, 3.05) is 32.7 Å². The van der Waals surface area contributed by atoms with Crippen LogP contribution in [0.15, 0.2) is 23.2 Å². The second-order valence-electron chi connectivity index (χ2n) is 4.58. The molecule has 0 spiro atoms. The van der Waals surface area contributed by atoms with E-state index in [1.165, 1.54) is 0 Å². The molecular weight excluding hydrogens is 369 g/mol. The molecule has 0 amide bonds. The zero-order valence-electron chi connectivity index (χ0n) is 12.5. The van der Waals surface area contributed by atoms with Crippen molar-refractivity contribution in [1.29, 1.82) is 0 Å². The maximum absolute atomic E-state index is 5.80. The van der Waals surface area contributed by atoms with Crippen molar-refractivity contribution in [2.24, 2.45) is 10.7 Å². The molecule has 1 heterocycles. The van der Waals surface area contributed by atoms with Crippen molar-refractivity contribution in [3.63, 3.8) is 0 Å². The maximum Gasteiger partial charge on any atom is 0.189 e. The summed E-state index contributed by atoms with van der Waals surface area (Å²) in [7, 11) is 5.57. The number of pyridine rings is 1. The summed E-state index contributed by atoms with van der Waals surface area (Å²) in [4.78, 5) is 10.7. The summed E-state index contributed by atoms with van der Waals surface area (Å²) < 4.78 is 5.02. The van der Waals surface area contributed by atoms with E-state index in [0.29, 0.717) is 19.1 Å². The van der Waals surface area contributed by atoms with Gasteiger partial charge in [-0.3, -0.25) is 0 Å². The third kappa shape index (κ3) is 6.90. The number of guanidine groups is 1.